The highest BCUT2D eigenvalue weighted by molar-refractivity contribution is 5.90. The standard InChI is InChI=1S/C21H19NO2/c1-21(20(23)24-2,22-15-16-8-4-3-5-9-16)19-13-12-17-10-6-7-11-18(17)14-19/h3-15H,1-2H3/t21-/m1/s1. The summed E-state index contributed by atoms with van der Waals surface area (Å²) in [6, 6.07) is 23.7. The summed E-state index contributed by atoms with van der Waals surface area (Å²) in [6.07, 6.45) is 1.71. The molecule has 0 heterocycles. The van der Waals surface area contributed by atoms with Crippen LogP contribution in [0.25, 0.3) is 10.8 Å². The number of hydrogen-bond acceptors (Lipinski definition) is 3. The van der Waals surface area contributed by atoms with Crippen molar-refractivity contribution in [3.63, 3.8) is 0 Å². The Morgan fingerprint density at radius 1 is 0.958 bits per heavy atom. The fraction of sp³-hybridized carbons (Fsp3) is 0.143. The molecule has 1 atom stereocenters. The Bertz CT molecular complexity index is 886. The van der Waals surface area contributed by atoms with Crippen LogP contribution in [0.2, 0.25) is 0 Å². The van der Waals surface area contributed by atoms with Gasteiger partial charge in [0.25, 0.3) is 0 Å². The maximum absolute atomic E-state index is 12.5. The van der Waals surface area contributed by atoms with Gasteiger partial charge in [-0.3, -0.25) is 4.99 Å². The molecule has 0 amide bonds. The zero-order chi connectivity index (χ0) is 17.0. The Labute approximate surface area is 141 Å². The minimum absolute atomic E-state index is 0.384. The second-order valence-electron chi connectivity index (χ2n) is 5.79. The summed E-state index contributed by atoms with van der Waals surface area (Å²) in [7, 11) is 1.39. The van der Waals surface area contributed by atoms with E-state index in [0.29, 0.717) is 0 Å². The summed E-state index contributed by atoms with van der Waals surface area (Å²) in [5, 5.41) is 2.19. The number of rotatable bonds is 4. The topological polar surface area (TPSA) is 38.7 Å². The quantitative estimate of drug-likeness (QED) is 0.530. The molecule has 3 heteroatoms. The Hall–Kier alpha value is -2.94. The Morgan fingerprint density at radius 3 is 2.33 bits per heavy atom. The van der Waals surface area contributed by atoms with Gasteiger partial charge in [0.05, 0.1) is 7.11 Å². The lowest BCUT2D eigenvalue weighted by Crippen LogP contribution is -2.32. The van der Waals surface area contributed by atoms with E-state index in [0.717, 1.165) is 21.9 Å². The highest BCUT2D eigenvalue weighted by Crippen LogP contribution is 2.30. The summed E-state index contributed by atoms with van der Waals surface area (Å²) in [4.78, 5) is 17.0. The van der Waals surface area contributed by atoms with Crippen molar-refractivity contribution in [1.82, 2.24) is 0 Å². The molecule has 120 valence electrons. The van der Waals surface area contributed by atoms with Crippen molar-refractivity contribution in [3.8, 4) is 0 Å². The Balaban J connectivity index is 2.07. The van der Waals surface area contributed by atoms with Gasteiger partial charge in [-0.2, -0.15) is 0 Å². The van der Waals surface area contributed by atoms with Crippen LogP contribution in [0.3, 0.4) is 0 Å². The molecule has 0 unspecified atom stereocenters. The lowest BCUT2D eigenvalue weighted by molar-refractivity contribution is -0.146. The first-order valence-corrected chi connectivity index (χ1v) is 7.81. The summed E-state index contributed by atoms with van der Waals surface area (Å²) >= 11 is 0. The third-order valence-electron chi connectivity index (χ3n) is 4.17. The minimum Gasteiger partial charge on any atom is -0.467 e. The molecule has 0 aliphatic carbocycles. The largest absolute Gasteiger partial charge is 0.467 e. The van der Waals surface area contributed by atoms with E-state index in [1.807, 2.05) is 72.8 Å². The second-order valence-corrected chi connectivity index (χ2v) is 5.79. The fourth-order valence-corrected chi connectivity index (χ4v) is 2.68. The van der Waals surface area contributed by atoms with Gasteiger partial charge in [-0.15, -0.1) is 0 Å². The van der Waals surface area contributed by atoms with Crippen LogP contribution in [0.1, 0.15) is 18.1 Å². The second kappa shape index (κ2) is 6.67. The molecule has 3 aromatic carbocycles. The fourth-order valence-electron chi connectivity index (χ4n) is 2.68. The lowest BCUT2D eigenvalue weighted by atomic mass is 9.90. The SMILES string of the molecule is COC(=O)[C@](C)(N=Cc1ccccc1)c1ccc2ccccc2c1. The average molecular weight is 317 g/mol. The molecule has 0 bridgehead atoms. The summed E-state index contributed by atoms with van der Waals surface area (Å²) in [5.74, 6) is -0.384. The number of nitrogens with zero attached hydrogens (tertiary/aromatic N) is 1. The van der Waals surface area contributed by atoms with Gasteiger partial charge in [-0.25, -0.2) is 4.79 Å². The van der Waals surface area contributed by atoms with Crippen molar-refractivity contribution >= 4 is 23.0 Å². The van der Waals surface area contributed by atoms with E-state index in [1.165, 1.54) is 7.11 Å². The number of esters is 1. The van der Waals surface area contributed by atoms with Gasteiger partial charge >= 0.3 is 5.97 Å². The molecule has 3 aromatic rings. The number of carbonyl (C=O) groups excluding carboxylic acids is 1. The van der Waals surface area contributed by atoms with Gasteiger partial charge in [0.15, 0.2) is 5.54 Å². The molecule has 0 aromatic heterocycles. The van der Waals surface area contributed by atoms with Crippen LogP contribution in [-0.2, 0) is 15.1 Å². The smallest absolute Gasteiger partial charge is 0.338 e. The van der Waals surface area contributed by atoms with E-state index < -0.39 is 5.54 Å². The van der Waals surface area contributed by atoms with E-state index in [2.05, 4.69) is 4.99 Å². The van der Waals surface area contributed by atoms with Crippen molar-refractivity contribution in [2.24, 2.45) is 4.99 Å². The zero-order valence-corrected chi connectivity index (χ0v) is 13.8. The predicted octanol–water partition coefficient (Wildman–Crippen LogP) is 4.35. The number of ether oxygens (including phenoxy) is 1. The number of aliphatic imine (C=N–C) groups is 1. The van der Waals surface area contributed by atoms with Crippen molar-refractivity contribution in [2.45, 2.75) is 12.5 Å². The number of methoxy groups -OCH3 is 1. The van der Waals surface area contributed by atoms with Crippen LogP contribution in [-0.4, -0.2) is 19.3 Å². The molecule has 0 N–H and O–H groups in total. The molecule has 0 fully saturated rings. The van der Waals surface area contributed by atoms with Gasteiger partial charge in [0.2, 0.25) is 0 Å². The molecule has 0 spiro atoms. The van der Waals surface area contributed by atoms with Gasteiger partial charge < -0.3 is 4.74 Å². The number of carbonyl (C=O) groups is 1. The van der Waals surface area contributed by atoms with Crippen LogP contribution in [0.5, 0.6) is 0 Å². The maximum atomic E-state index is 12.5. The highest BCUT2D eigenvalue weighted by atomic mass is 16.5. The molecule has 24 heavy (non-hydrogen) atoms. The summed E-state index contributed by atoms with van der Waals surface area (Å²) < 4.78 is 5.02. The lowest BCUT2D eigenvalue weighted by Gasteiger charge is -2.23. The van der Waals surface area contributed by atoms with E-state index in [-0.39, 0.29) is 5.97 Å². The molecule has 3 rings (SSSR count). The molecule has 0 aliphatic heterocycles. The third kappa shape index (κ3) is 3.06. The van der Waals surface area contributed by atoms with Gasteiger partial charge in [0.1, 0.15) is 0 Å². The molecular formula is C21H19NO2. The average Bonchev–Trinajstić information content (AvgIpc) is 2.65. The number of hydrogen-bond donors (Lipinski definition) is 0. The first-order chi connectivity index (χ1) is 11.6. The van der Waals surface area contributed by atoms with Crippen molar-refractivity contribution in [1.29, 1.82) is 0 Å². The van der Waals surface area contributed by atoms with Crippen molar-refractivity contribution in [3.05, 3.63) is 83.9 Å². The van der Waals surface area contributed by atoms with Crippen molar-refractivity contribution < 1.29 is 9.53 Å². The third-order valence-corrected chi connectivity index (χ3v) is 4.17. The highest BCUT2D eigenvalue weighted by Gasteiger charge is 2.35. The van der Waals surface area contributed by atoms with E-state index >= 15 is 0 Å². The molecule has 0 radical (unpaired) electrons. The van der Waals surface area contributed by atoms with Crippen LogP contribution < -0.4 is 0 Å². The summed E-state index contributed by atoms with van der Waals surface area (Å²) in [6.45, 7) is 1.78. The zero-order valence-electron chi connectivity index (χ0n) is 13.8. The van der Waals surface area contributed by atoms with Crippen LogP contribution >= 0.6 is 0 Å². The van der Waals surface area contributed by atoms with Gasteiger partial charge in [0, 0.05) is 6.21 Å². The predicted molar refractivity (Wildman–Crippen MR) is 97.4 cm³/mol. The van der Waals surface area contributed by atoms with Crippen LogP contribution in [0.4, 0.5) is 0 Å². The Morgan fingerprint density at radius 2 is 1.62 bits per heavy atom. The molecule has 3 nitrogen and oxygen atoms in total. The monoisotopic (exact) mass is 317 g/mol. The minimum atomic E-state index is -1.09. The Kier molecular flexibility index (Phi) is 4.43. The molecule has 0 saturated heterocycles. The first kappa shape index (κ1) is 15.9. The summed E-state index contributed by atoms with van der Waals surface area (Å²) in [5.41, 5.74) is 0.655. The van der Waals surface area contributed by atoms with Crippen LogP contribution in [0, 0.1) is 0 Å². The van der Waals surface area contributed by atoms with Gasteiger partial charge in [-0.05, 0) is 34.9 Å². The molecule has 0 aliphatic rings. The number of fused-ring (bicyclic) bond motifs is 1. The normalized spacial score (nSPS) is 13.8. The van der Waals surface area contributed by atoms with E-state index in [4.69, 9.17) is 4.74 Å². The number of benzene rings is 3. The maximum Gasteiger partial charge on any atom is 0.338 e. The first-order valence-electron chi connectivity index (χ1n) is 7.81. The van der Waals surface area contributed by atoms with Gasteiger partial charge in [-0.1, -0.05) is 66.7 Å². The molecule has 0 saturated carbocycles. The van der Waals surface area contributed by atoms with Crippen molar-refractivity contribution in [2.75, 3.05) is 7.11 Å². The van der Waals surface area contributed by atoms with E-state index in [9.17, 15) is 4.79 Å². The van der Waals surface area contributed by atoms with Crippen LogP contribution in [0.15, 0.2) is 77.8 Å². The van der Waals surface area contributed by atoms with E-state index in [1.54, 1.807) is 13.1 Å². The molecular weight excluding hydrogens is 298 g/mol.